The lowest BCUT2D eigenvalue weighted by molar-refractivity contribution is -0.142. The smallest absolute Gasteiger partial charge is 0.302 e. The van der Waals surface area contributed by atoms with Crippen LogP contribution in [0.3, 0.4) is 0 Å². The third-order valence-electron chi connectivity index (χ3n) is 5.32. The fourth-order valence-electron chi connectivity index (χ4n) is 3.38. The quantitative estimate of drug-likeness (QED) is 0.536. The monoisotopic (exact) mass is 397 g/mol. The normalized spacial score (nSPS) is 14.2. The number of hydrogen-bond donors (Lipinski definition) is 1. The van der Waals surface area contributed by atoms with Crippen molar-refractivity contribution in [1.29, 1.82) is 0 Å². The molecule has 0 aliphatic rings. The van der Waals surface area contributed by atoms with Crippen molar-refractivity contribution in [1.82, 2.24) is 0 Å². The van der Waals surface area contributed by atoms with E-state index in [9.17, 15) is 9.18 Å². The number of esters is 1. The molecule has 2 aromatic carbocycles. The van der Waals surface area contributed by atoms with E-state index in [-0.39, 0.29) is 23.7 Å². The number of ether oxygens (including phenoxy) is 1. The van der Waals surface area contributed by atoms with E-state index < -0.39 is 0 Å². The Morgan fingerprint density at radius 3 is 2.21 bits per heavy atom. The zero-order chi connectivity index (χ0) is 21.6. The molecule has 0 aliphatic carbocycles. The molecule has 29 heavy (non-hydrogen) atoms. The van der Waals surface area contributed by atoms with Gasteiger partial charge in [-0.25, -0.2) is 4.39 Å². The van der Waals surface area contributed by atoms with Gasteiger partial charge in [-0.3, -0.25) is 4.79 Å². The lowest BCUT2D eigenvalue weighted by atomic mass is 9.82. The van der Waals surface area contributed by atoms with Gasteiger partial charge < -0.3 is 10.1 Å². The topological polar surface area (TPSA) is 38.3 Å². The van der Waals surface area contributed by atoms with E-state index in [2.05, 4.69) is 52.1 Å². The molecule has 0 aromatic heterocycles. The maximum atomic E-state index is 13.4. The first-order valence-electron chi connectivity index (χ1n) is 10.1. The predicted octanol–water partition coefficient (Wildman–Crippen LogP) is 6.24. The summed E-state index contributed by atoms with van der Waals surface area (Å²) in [5.74, 6) is -0.206. The van der Waals surface area contributed by atoms with Crippen LogP contribution < -0.4 is 5.32 Å². The van der Waals surface area contributed by atoms with Crippen LogP contribution in [-0.4, -0.2) is 18.6 Å². The summed E-state index contributed by atoms with van der Waals surface area (Å²) in [6, 6.07) is 14.6. The van der Waals surface area contributed by atoms with Crippen LogP contribution in [0.15, 0.2) is 54.1 Å². The highest BCUT2D eigenvalue weighted by Gasteiger charge is 2.27. The molecule has 0 unspecified atom stereocenters. The predicted molar refractivity (Wildman–Crippen MR) is 118 cm³/mol. The number of halogens is 1. The SMILES string of the molecule is CC(=O)OC[C@@H](C)[C@H](Nc1ccc(F)cc1)/C(=C(/C)C(C)C)c1ccccc1C. The molecule has 0 heterocycles. The first-order chi connectivity index (χ1) is 13.7. The number of carbonyl (C=O) groups is 1. The fraction of sp³-hybridized carbons (Fsp3) is 0.400. The molecule has 2 aromatic rings. The van der Waals surface area contributed by atoms with E-state index in [0.717, 1.165) is 5.69 Å². The molecule has 0 spiro atoms. The summed E-state index contributed by atoms with van der Waals surface area (Å²) in [7, 11) is 0. The second-order valence-electron chi connectivity index (χ2n) is 7.98. The molecule has 2 atom stereocenters. The first-order valence-corrected chi connectivity index (χ1v) is 10.1. The Morgan fingerprint density at radius 1 is 1.03 bits per heavy atom. The molecular formula is C25H32FNO2. The van der Waals surface area contributed by atoms with Gasteiger partial charge in [0.15, 0.2) is 0 Å². The molecule has 4 heteroatoms. The third kappa shape index (κ3) is 6.18. The fourth-order valence-corrected chi connectivity index (χ4v) is 3.38. The van der Waals surface area contributed by atoms with Crippen LogP contribution in [0, 0.1) is 24.6 Å². The van der Waals surface area contributed by atoms with Crippen molar-refractivity contribution in [2.75, 3.05) is 11.9 Å². The van der Waals surface area contributed by atoms with E-state index in [4.69, 9.17) is 4.74 Å². The summed E-state index contributed by atoms with van der Waals surface area (Å²) in [6.07, 6.45) is 0. The molecule has 0 bridgehead atoms. The van der Waals surface area contributed by atoms with Gasteiger partial charge in [0.05, 0.1) is 12.6 Å². The van der Waals surface area contributed by atoms with E-state index in [1.807, 2.05) is 12.1 Å². The Balaban J connectivity index is 2.56. The van der Waals surface area contributed by atoms with Crippen LogP contribution in [0.2, 0.25) is 0 Å². The van der Waals surface area contributed by atoms with Crippen LogP contribution >= 0.6 is 0 Å². The number of allylic oxidation sites excluding steroid dienone is 1. The largest absolute Gasteiger partial charge is 0.465 e. The molecule has 0 aliphatic heterocycles. The molecule has 2 rings (SSSR count). The Labute approximate surface area is 174 Å². The average Bonchev–Trinajstić information content (AvgIpc) is 2.68. The molecule has 0 saturated heterocycles. The van der Waals surface area contributed by atoms with Crippen molar-refractivity contribution in [3.05, 3.63) is 71.0 Å². The number of carbonyl (C=O) groups excluding carboxylic acids is 1. The zero-order valence-corrected chi connectivity index (χ0v) is 18.3. The molecule has 0 saturated carbocycles. The number of rotatable bonds is 8. The van der Waals surface area contributed by atoms with Gasteiger partial charge in [-0.15, -0.1) is 0 Å². The Kier molecular flexibility index (Phi) is 8.00. The summed E-state index contributed by atoms with van der Waals surface area (Å²) < 4.78 is 18.7. The summed E-state index contributed by atoms with van der Waals surface area (Å²) in [6.45, 7) is 12.4. The highest BCUT2D eigenvalue weighted by molar-refractivity contribution is 5.77. The standard InChI is InChI=1S/C25H32FNO2/c1-16(2)19(5)24(23-10-8-7-9-17(23)3)25(18(4)15-29-20(6)28)27-22-13-11-21(26)12-14-22/h7-14,16,18,25,27H,15H2,1-6H3/b24-19-/t18-,25+/m1/s1. The van der Waals surface area contributed by atoms with Gasteiger partial charge in [-0.05, 0) is 60.7 Å². The van der Waals surface area contributed by atoms with Crippen molar-refractivity contribution in [2.24, 2.45) is 11.8 Å². The van der Waals surface area contributed by atoms with Gasteiger partial charge in [0, 0.05) is 18.5 Å². The number of hydrogen-bond acceptors (Lipinski definition) is 3. The number of aryl methyl sites for hydroxylation is 1. The van der Waals surface area contributed by atoms with Gasteiger partial charge in [0.25, 0.3) is 0 Å². The van der Waals surface area contributed by atoms with Crippen LogP contribution in [-0.2, 0) is 9.53 Å². The van der Waals surface area contributed by atoms with Crippen LogP contribution in [0.25, 0.3) is 5.57 Å². The molecule has 1 N–H and O–H groups in total. The van der Waals surface area contributed by atoms with Crippen molar-refractivity contribution < 1.29 is 13.9 Å². The highest BCUT2D eigenvalue weighted by Crippen LogP contribution is 2.34. The molecule has 156 valence electrons. The van der Waals surface area contributed by atoms with Crippen LogP contribution in [0.1, 0.15) is 45.7 Å². The lowest BCUT2D eigenvalue weighted by Crippen LogP contribution is -2.33. The second kappa shape index (κ2) is 10.2. The number of anilines is 1. The summed E-state index contributed by atoms with van der Waals surface area (Å²) >= 11 is 0. The average molecular weight is 398 g/mol. The van der Waals surface area contributed by atoms with Crippen molar-refractivity contribution in [3.63, 3.8) is 0 Å². The highest BCUT2D eigenvalue weighted by atomic mass is 19.1. The lowest BCUT2D eigenvalue weighted by Gasteiger charge is -2.32. The number of benzene rings is 2. The zero-order valence-electron chi connectivity index (χ0n) is 18.3. The van der Waals surface area contributed by atoms with Gasteiger partial charge in [0.1, 0.15) is 5.82 Å². The van der Waals surface area contributed by atoms with Gasteiger partial charge >= 0.3 is 5.97 Å². The molecule has 0 fully saturated rings. The summed E-state index contributed by atoms with van der Waals surface area (Å²) in [5, 5.41) is 3.58. The van der Waals surface area contributed by atoms with E-state index in [1.54, 1.807) is 12.1 Å². The van der Waals surface area contributed by atoms with Gasteiger partial charge in [-0.2, -0.15) is 0 Å². The Morgan fingerprint density at radius 2 is 1.66 bits per heavy atom. The minimum absolute atomic E-state index is 0.00672. The van der Waals surface area contributed by atoms with Crippen molar-refractivity contribution >= 4 is 17.2 Å². The van der Waals surface area contributed by atoms with E-state index >= 15 is 0 Å². The number of nitrogens with one attached hydrogen (secondary N) is 1. The summed E-state index contributed by atoms with van der Waals surface area (Å²) in [5.41, 5.74) is 5.66. The second-order valence-corrected chi connectivity index (χ2v) is 7.98. The van der Waals surface area contributed by atoms with Gasteiger partial charge in [-0.1, -0.05) is 50.6 Å². The third-order valence-corrected chi connectivity index (χ3v) is 5.32. The minimum atomic E-state index is -0.292. The van der Waals surface area contributed by atoms with Crippen molar-refractivity contribution in [2.45, 2.75) is 47.6 Å². The Hall–Kier alpha value is -2.62. The van der Waals surface area contributed by atoms with Crippen molar-refractivity contribution in [3.8, 4) is 0 Å². The maximum absolute atomic E-state index is 13.4. The van der Waals surface area contributed by atoms with Crippen LogP contribution in [0.5, 0.6) is 0 Å². The Bertz CT molecular complexity index is 855. The van der Waals surface area contributed by atoms with Crippen LogP contribution in [0.4, 0.5) is 10.1 Å². The minimum Gasteiger partial charge on any atom is -0.465 e. The van der Waals surface area contributed by atoms with E-state index in [0.29, 0.717) is 12.5 Å². The molecular weight excluding hydrogens is 365 g/mol. The first kappa shape index (κ1) is 22.7. The maximum Gasteiger partial charge on any atom is 0.302 e. The van der Waals surface area contributed by atoms with Gasteiger partial charge in [0.2, 0.25) is 0 Å². The summed E-state index contributed by atoms with van der Waals surface area (Å²) in [4.78, 5) is 11.4. The molecule has 0 amide bonds. The van der Waals surface area contributed by atoms with E-state index in [1.165, 1.54) is 41.3 Å². The molecule has 0 radical (unpaired) electrons. The molecule has 3 nitrogen and oxygen atoms in total.